The standard InChI is InChI=1S/C19H22ClN3O3/c1-13(11-26-17-7-8-25-12-17)22-18-6-5-14(10-21-18)19(24)23-16-4-2-3-15(20)9-16/h2-6,9-10,13,17H,7-8,11-12H2,1H3,(H,21,22)(H,23,24). The molecule has 6 nitrogen and oxygen atoms in total. The fourth-order valence-electron chi connectivity index (χ4n) is 2.60. The van der Waals surface area contributed by atoms with E-state index in [1.807, 2.05) is 6.92 Å². The van der Waals surface area contributed by atoms with Crippen molar-refractivity contribution in [3.05, 3.63) is 53.2 Å². The SMILES string of the molecule is CC(COC1CCOC1)Nc1ccc(C(=O)Nc2cccc(Cl)c2)cn1. The first kappa shape index (κ1) is 18.6. The summed E-state index contributed by atoms with van der Waals surface area (Å²) in [5.74, 6) is 0.465. The van der Waals surface area contributed by atoms with Crippen LogP contribution in [-0.2, 0) is 9.47 Å². The van der Waals surface area contributed by atoms with Gasteiger partial charge in [0.1, 0.15) is 5.82 Å². The molecule has 0 aliphatic carbocycles. The number of aromatic nitrogens is 1. The van der Waals surface area contributed by atoms with E-state index in [9.17, 15) is 4.79 Å². The number of rotatable bonds is 7. The Hall–Kier alpha value is -2.15. The van der Waals surface area contributed by atoms with Crippen LogP contribution < -0.4 is 10.6 Å². The highest BCUT2D eigenvalue weighted by Gasteiger charge is 2.17. The van der Waals surface area contributed by atoms with Crippen molar-refractivity contribution in [2.24, 2.45) is 0 Å². The number of hydrogen-bond donors (Lipinski definition) is 2. The van der Waals surface area contributed by atoms with Crippen molar-refractivity contribution in [3.63, 3.8) is 0 Å². The molecule has 2 N–H and O–H groups in total. The molecular weight excluding hydrogens is 354 g/mol. The Morgan fingerprint density at radius 3 is 3.00 bits per heavy atom. The summed E-state index contributed by atoms with van der Waals surface area (Å²) in [5.41, 5.74) is 1.12. The van der Waals surface area contributed by atoms with Gasteiger partial charge >= 0.3 is 0 Å². The van der Waals surface area contributed by atoms with Gasteiger partial charge in [0.25, 0.3) is 5.91 Å². The van der Waals surface area contributed by atoms with Crippen LogP contribution in [0.15, 0.2) is 42.6 Å². The third-order valence-corrected chi connectivity index (χ3v) is 4.21. The first-order valence-electron chi connectivity index (χ1n) is 8.59. The lowest BCUT2D eigenvalue weighted by Gasteiger charge is -2.17. The first-order valence-corrected chi connectivity index (χ1v) is 8.97. The van der Waals surface area contributed by atoms with Crippen molar-refractivity contribution >= 4 is 29.0 Å². The number of nitrogens with one attached hydrogen (secondary N) is 2. The van der Waals surface area contributed by atoms with Gasteiger partial charge < -0.3 is 20.1 Å². The number of ether oxygens (including phenoxy) is 2. The lowest BCUT2D eigenvalue weighted by molar-refractivity contribution is 0.0395. The van der Waals surface area contributed by atoms with Gasteiger partial charge in [-0.15, -0.1) is 0 Å². The molecule has 0 saturated carbocycles. The average Bonchev–Trinajstić information content (AvgIpc) is 3.14. The maximum atomic E-state index is 12.3. The number of halogens is 1. The van der Waals surface area contributed by atoms with Gasteiger partial charge in [0.2, 0.25) is 0 Å². The molecular formula is C19H22ClN3O3. The number of carbonyl (C=O) groups excluding carboxylic acids is 1. The molecule has 1 aliphatic heterocycles. The van der Waals surface area contributed by atoms with Crippen molar-refractivity contribution in [1.29, 1.82) is 0 Å². The third-order valence-electron chi connectivity index (χ3n) is 3.97. The van der Waals surface area contributed by atoms with Crippen molar-refractivity contribution < 1.29 is 14.3 Å². The van der Waals surface area contributed by atoms with Gasteiger partial charge in [-0.2, -0.15) is 0 Å². The summed E-state index contributed by atoms with van der Waals surface area (Å²) in [6.45, 7) is 4.04. The lowest BCUT2D eigenvalue weighted by atomic mass is 10.2. The van der Waals surface area contributed by atoms with Gasteiger partial charge in [0.15, 0.2) is 0 Å². The second-order valence-corrected chi connectivity index (χ2v) is 6.70. The minimum absolute atomic E-state index is 0.106. The van der Waals surface area contributed by atoms with Crippen molar-refractivity contribution in [2.75, 3.05) is 30.5 Å². The van der Waals surface area contributed by atoms with Crippen LogP contribution in [0.4, 0.5) is 11.5 Å². The maximum absolute atomic E-state index is 12.3. The zero-order valence-electron chi connectivity index (χ0n) is 14.6. The second-order valence-electron chi connectivity index (χ2n) is 6.26. The molecule has 0 spiro atoms. The number of hydrogen-bond acceptors (Lipinski definition) is 5. The molecule has 26 heavy (non-hydrogen) atoms. The fraction of sp³-hybridized carbons (Fsp3) is 0.368. The Morgan fingerprint density at radius 2 is 2.31 bits per heavy atom. The zero-order valence-corrected chi connectivity index (χ0v) is 15.3. The van der Waals surface area contributed by atoms with Crippen molar-refractivity contribution in [1.82, 2.24) is 4.98 Å². The van der Waals surface area contributed by atoms with E-state index in [0.29, 0.717) is 35.3 Å². The lowest BCUT2D eigenvalue weighted by Crippen LogP contribution is -2.26. The van der Waals surface area contributed by atoms with E-state index in [1.165, 1.54) is 0 Å². The molecule has 1 saturated heterocycles. The predicted octanol–water partition coefficient (Wildman–Crippen LogP) is 3.59. The summed E-state index contributed by atoms with van der Waals surface area (Å²) in [6.07, 6.45) is 2.67. The van der Waals surface area contributed by atoms with E-state index < -0.39 is 0 Å². The van der Waals surface area contributed by atoms with Crippen LogP contribution in [0.25, 0.3) is 0 Å². The highest BCUT2D eigenvalue weighted by Crippen LogP contribution is 2.16. The molecule has 3 rings (SSSR count). The third kappa shape index (κ3) is 5.42. The predicted molar refractivity (Wildman–Crippen MR) is 102 cm³/mol. The number of amides is 1. The molecule has 0 bridgehead atoms. The summed E-state index contributed by atoms with van der Waals surface area (Å²) in [5, 5.41) is 6.63. The molecule has 138 valence electrons. The molecule has 1 fully saturated rings. The average molecular weight is 376 g/mol. The molecule has 2 heterocycles. The van der Waals surface area contributed by atoms with E-state index >= 15 is 0 Å². The largest absolute Gasteiger partial charge is 0.379 e. The molecule has 0 radical (unpaired) electrons. The quantitative estimate of drug-likeness (QED) is 0.773. The molecule has 2 aromatic rings. The number of nitrogens with zero attached hydrogens (tertiary/aromatic N) is 1. The number of anilines is 2. The van der Waals surface area contributed by atoms with Gasteiger partial charge in [0, 0.05) is 29.6 Å². The Kier molecular flexibility index (Phi) is 6.44. The zero-order chi connectivity index (χ0) is 18.4. The Labute approximate surface area is 157 Å². The van der Waals surface area contributed by atoms with Gasteiger partial charge in [-0.05, 0) is 43.7 Å². The summed E-state index contributed by atoms with van der Waals surface area (Å²) in [7, 11) is 0. The van der Waals surface area contributed by atoms with Gasteiger partial charge in [-0.25, -0.2) is 4.98 Å². The monoisotopic (exact) mass is 375 g/mol. The fourth-order valence-corrected chi connectivity index (χ4v) is 2.79. The number of carbonyl (C=O) groups is 1. The van der Waals surface area contributed by atoms with Crippen molar-refractivity contribution in [2.45, 2.75) is 25.5 Å². The maximum Gasteiger partial charge on any atom is 0.257 e. The number of pyridine rings is 1. The minimum Gasteiger partial charge on any atom is -0.379 e. The van der Waals surface area contributed by atoms with E-state index in [2.05, 4.69) is 15.6 Å². The normalized spacial score (nSPS) is 17.7. The van der Waals surface area contributed by atoms with E-state index in [1.54, 1.807) is 42.6 Å². The Balaban J connectivity index is 1.50. The topological polar surface area (TPSA) is 72.5 Å². The number of benzene rings is 1. The molecule has 2 atom stereocenters. The Morgan fingerprint density at radius 1 is 1.42 bits per heavy atom. The minimum atomic E-state index is -0.232. The van der Waals surface area contributed by atoms with Gasteiger partial charge in [-0.1, -0.05) is 17.7 Å². The molecule has 1 aliphatic rings. The highest BCUT2D eigenvalue weighted by atomic mass is 35.5. The summed E-state index contributed by atoms with van der Waals surface area (Å²) >= 11 is 5.92. The van der Waals surface area contributed by atoms with Crippen LogP contribution in [0.1, 0.15) is 23.7 Å². The van der Waals surface area contributed by atoms with Crippen LogP contribution in [-0.4, -0.2) is 42.9 Å². The first-order chi connectivity index (χ1) is 12.6. The molecule has 1 amide bonds. The van der Waals surface area contributed by atoms with Crippen LogP contribution >= 0.6 is 11.6 Å². The van der Waals surface area contributed by atoms with Gasteiger partial charge in [-0.3, -0.25) is 4.79 Å². The molecule has 2 unspecified atom stereocenters. The molecule has 1 aromatic heterocycles. The molecule has 7 heteroatoms. The smallest absolute Gasteiger partial charge is 0.257 e. The highest BCUT2D eigenvalue weighted by molar-refractivity contribution is 6.30. The van der Waals surface area contributed by atoms with Gasteiger partial charge in [0.05, 0.1) is 24.9 Å². The second kappa shape index (κ2) is 8.98. The van der Waals surface area contributed by atoms with Crippen LogP contribution in [0, 0.1) is 0 Å². The summed E-state index contributed by atoms with van der Waals surface area (Å²) in [4.78, 5) is 16.6. The van der Waals surface area contributed by atoms with E-state index in [0.717, 1.165) is 13.0 Å². The van der Waals surface area contributed by atoms with Crippen LogP contribution in [0.2, 0.25) is 5.02 Å². The Bertz CT molecular complexity index is 733. The molecule has 1 aromatic carbocycles. The summed E-state index contributed by atoms with van der Waals surface area (Å²) in [6, 6.07) is 10.6. The van der Waals surface area contributed by atoms with Crippen LogP contribution in [0.5, 0.6) is 0 Å². The van der Waals surface area contributed by atoms with E-state index in [-0.39, 0.29) is 18.1 Å². The van der Waals surface area contributed by atoms with Crippen molar-refractivity contribution in [3.8, 4) is 0 Å². The van der Waals surface area contributed by atoms with Crippen LogP contribution in [0.3, 0.4) is 0 Å². The van der Waals surface area contributed by atoms with E-state index in [4.69, 9.17) is 21.1 Å². The summed E-state index contributed by atoms with van der Waals surface area (Å²) < 4.78 is 11.1.